The molecule has 0 unspecified atom stereocenters. The average molecular weight is 416 g/mol. The summed E-state index contributed by atoms with van der Waals surface area (Å²) in [5.74, 6) is 0.590. The zero-order chi connectivity index (χ0) is 21.5. The molecular weight excluding hydrogens is 386 g/mol. The van der Waals surface area contributed by atoms with Crippen molar-refractivity contribution in [3.8, 4) is 5.75 Å². The Balaban J connectivity index is 1.54. The van der Waals surface area contributed by atoms with Crippen molar-refractivity contribution in [1.29, 1.82) is 0 Å². The number of ether oxygens (including phenoxy) is 2. The van der Waals surface area contributed by atoms with Gasteiger partial charge in [0, 0.05) is 11.9 Å². The molecule has 0 radical (unpaired) electrons. The van der Waals surface area contributed by atoms with Crippen molar-refractivity contribution in [2.75, 3.05) is 33.4 Å². The molecule has 1 fully saturated rings. The standard InChI is InChI=1S/C27H29NO3/c1-30-27(29)24-14-12-21(13-15-24)18-22(19-28-16-5-2-6-17-28)20-31-26-11-7-9-23-8-3-4-10-25(23)26/h3-4,7-15,18H,2,5-6,16-17,19-20H2,1H3/b22-18-. The normalized spacial score (nSPS) is 15.1. The highest BCUT2D eigenvalue weighted by Crippen LogP contribution is 2.26. The summed E-state index contributed by atoms with van der Waals surface area (Å²) >= 11 is 0. The SMILES string of the molecule is COC(=O)c1ccc(/C=C(\COc2cccc3ccccc23)CN2CCCCC2)cc1. The van der Waals surface area contributed by atoms with Crippen molar-refractivity contribution in [3.63, 3.8) is 0 Å². The number of benzene rings is 3. The highest BCUT2D eigenvalue weighted by molar-refractivity contribution is 5.89. The third-order valence-electron chi connectivity index (χ3n) is 5.74. The molecule has 4 heteroatoms. The molecule has 1 aliphatic rings. The number of nitrogens with zero attached hydrogens (tertiary/aromatic N) is 1. The van der Waals surface area contributed by atoms with Crippen molar-refractivity contribution in [3.05, 3.63) is 83.4 Å². The van der Waals surface area contributed by atoms with Crippen LogP contribution in [0.5, 0.6) is 5.75 Å². The molecule has 0 bridgehead atoms. The van der Waals surface area contributed by atoms with E-state index in [0.717, 1.165) is 36.3 Å². The lowest BCUT2D eigenvalue weighted by atomic mass is 10.1. The maximum Gasteiger partial charge on any atom is 0.337 e. The number of fused-ring (bicyclic) bond motifs is 1. The summed E-state index contributed by atoms with van der Waals surface area (Å²) in [6.07, 6.45) is 6.01. The number of hydrogen-bond acceptors (Lipinski definition) is 4. The zero-order valence-corrected chi connectivity index (χ0v) is 18.0. The third-order valence-corrected chi connectivity index (χ3v) is 5.74. The lowest BCUT2D eigenvalue weighted by Crippen LogP contribution is -2.32. The van der Waals surface area contributed by atoms with Gasteiger partial charge in [-0.3, -0.25) is 4.90 Å². The van der Waals surface area contributed by atoms with Crippen molar-refractivity contribution >= 4 is 22.8 Å². The van der Waals surface area contributed by atoms with Crippen LogP contribution in [0.15, 0.2) is 72.3 Å². The topological polar surface area (TPSA) is 38.8 Å². The highest BCUT2D eigenvalue weighted by atomic mass is 16.5. The predicted molar refractivity (Wildman–Crippen MR) is 125 cm³/mol. The number of methoxy groups -OCH3 is 1. The molecule has 1 saturated heterocycles. The second-order valence-electron chi connectivity index (χ2n) is 8.02. The van der Waals surface area contributed by atoms with Crippen LogP contribution in [0.25, 0.3) is 16.8 Å². The number of hydrogen-bond donors (Lipinski definition) is 0. The zero-order valence-electron chi connectivity index (χ0n) is 18.0. The summed E-state index contributed by atoms with van der Waals surface area (Å²) < 4.78 is 11.1. The number of esters is 1. The summed E-state index contributed by atoms with van der Waals surface area (Å²) in [6.45, 7) is 3.69. The number of carbonyl (C=O) groups excluding carboxylic acids is 1. The maximum atomic E-state index is 11.7. The second-order valence-corrected chi connectivity index (χ2v) is 8.02. The second kappa shape index (κ2) is 10.3. The Morgan fingerprint density at radius 3 is 2.45 bits per heavy atom. The van der Waals surface area contributed by atoms with Gasteiger partial charge in [0.25, 0.3) is 0 Å². The van der Waals surface area contributed by atoms with Crippen molar-refractivity contribution < 1.29 is 14.3 Å². The third kappa shape index (κ3) is 5.53. The average Bonchev–Trinajstić information content (AvgIpc) is 2.83. The summed E-state index contributed by atoms with van der Waals surface area (Å²) in [5, 5.41) is 2.31. The lowest BCUT2D eigenvalue weighted by Gasteiger charge is -2.27. The molecule has 0 aliphatic carbocycles. The van der Waals surface area contributed by atoms with Crippen LogP contribution in [-0.2, 0) is 4.74 Å². The van der Waals surface area contributed by atoms with E-state index in [0.29, 0.717) is 12.2 Å². The van der Waals surface area contributed by atoms with Gasteiger partial charge in [0.1, 0.15) is 12.4 Å². The first-order valence-electron chi connectivity index (χ1n) is 10.9. The van der Waals surface area contributed by atoms with E-state index in [-0.39, 0.29) is 5.97 Å². The summed E-state index contributed by atoms with van der Waals surface area (Å²) in [5.41, 5.74) is 2.84. The number of carbonyl (C=O) groups is 1. The van der Waals surface area contributed by atoms with E-state index in [1.165, 1.54) is 37.3 Å². The Bertz CT molecular complexity index is 1040. The predicted octanol–water partition coefficient (Wildman–Crippen LogP) is 5.57. The minimum absolute atomic E-state index is 0.316. The Labute approximate surface area is 184 Å². The summed E-state index contributed by atoms with van der Waals surface area (Å²) in [6, 6.07) is 22.0. The van der Waals surface area contributed by atoms with Gasteiger partial charge in [-0.25, -0.2) is 4.79 Å². The molecule has 0 atom stereocenters. The van der Waals surface area contributed by atoms with E-state index < -0.39 is 0 Å². The summed E-state index contributed by atoms with van der Waals surface area (Å²) in [7, 11) is 1.40. The van der Waals surface area contributed by atoms with Crippen LogP contribution in [0.1, 0.15) is 35.2 Å². The molecule has 4 nitrogen and oxygen atoms in total. The fraction of sp³-hybridized carbons (Fsp3) is 0.296. The molecular formula is C27H29NO3. The van der Waals surface area contributed by atoms with E-state index in [2.05, 4.69) is 29.2 Å². The summed E-state index contributed by atoms with van der Waals surface area (Å²) in [4.78, 5) is 14.2. The lowest BCUT2D eigenvalue weighted by molar-refractivity contribution is 0.0600. The fourth-order valence-corrected chi connectivity index (χ4v) is 4.10. The van der Waals surface area contributed by atoms with Crippen LogP contribution in [0, 0.1) is 0 Å². The number of likely N-dealkylation sites (tertiary alicyclic amines) is 1. The van der Waals surface area contributed by atoms with Gasteiger partial charge in [0.2, 0.25) is 0 Å². The van der Waals surface area contributed by atoms with Gasteiger partial charge in [-0.15, -0.1) is 0 Å². The van der Waals surface area contributed by atoms with Gasteiger partial charge in [0.05, 0.1) is 12.7 Å². The van der Waals surface area contributed by atoms with Crippen LogP contribution in [0.2, 0.25) is 0 Å². The minimum Gasteiger partial charge on any atom is -0.489 e. The monoisotopic (exact) mass is 415 g/mol. The van der Waals surface area contributed by atoms with Crippen LogP contribution in [0.4, 0.5) is 0 Å². The van der Waals surface area contributed by atoms with Crippen molar-refractivity contribution in [2.45, 2.75) is 19.3 Å². The van der Waals surface area contributed by atoms with Gasteiger partial charge >= 0.3 is 5.97 Å². The van der Waals surface area contributed by atoms with Crippen LogP contribution >= 0.6 is 0 Å². The molecule has 0 spiro atoms. The molecule has 0 aromatic heterocycles. The number of rotatable bonds is 7. The van der Waals surface area contributed by atoms with Crippen LogP contribution in [-0.4, -0.2) is 44.2 Å². The molecule has 0 amide bonds. The quantitative estimate of drug-likeness (QED) is 0.473. The first kappa shape index (κ1) is 21.1. The smallest absolute Gasteiger partial charge is 0.337 e. The molecule has 160 valence electrons. The van der Waals surface area contributed by atoms with Gasteiger partial charge in [0.15, 0.2) is 0 Å². The molecule has 1 aliphatic heterocycles. The molecule has 3 aromatic carbocycles. The molecule has 31 heavy (non-hydrogen) atoms. The molecule has 3 aromatic rings. The van der Waals surface area contributed by atoms with E-state index in [4.69, 9.17) is 9.47 Å². The Morgan fingerprint density at radius 2 is 1.68 bits per heavy atom. The fourth-order valence-electron chi connectivity index (χ4n) is 4.10. The van der Waals surface area contributed by atoms with Crippen LogP contribution < -0.4 is 4.74 Å². The van der Waals surface area contributed by atoms with Crippen LogP contribution in [0.3, 0.4) is 0 Å². The maximum absolute atomic E-state index is 11.7. The van der Waals surface area contributed by atoms with E-state index in [9.17, 15) is 4.79 Å². The van der Waals surface area contributed by atoms with Crippen molar-refractivity contribution in [2.24, 2.45) is 0 Å². The first-order valence-corrected chi connectivity index (χ1v) is 10.9. The molecule has 4 rings (SSSR count). The molecule has 1 heterocycles. The van der Waals surface area contributed by atoms with E-state index >= 15 is 0 Å². The Kier molecular flexibility index (Phi) is 7.00. The van der Waals surface area contributed by atoms with Gasteiger partial charge < -0.3 is 9.47 Å². The van der Waals surface area contributed by atoms with Gasteiger partial charge in [-0.05, 0) is 60.7 Å². The molecule has 0 saturated carbocycles. The first-order chi connectivity index (χ1) is 15.2. The number of piperidine rings is 1. The minimum atomic E-state index is -0.316. The highest BCUT2D eigenvalue weighted by Gasteiger charge is 2.13. The van der Waals surface area contributed by atoms with Gasteiger partial charge in [-0.2, -0.15) is 0 Å². The molecule has 0 N–H and O–H groups in total. The van der Waals surface area contributed by atoms with Gasteiger partial charge in [-0.1, -0.05) is 61.0 Å². The Hall–Kier alpha value is -3.11. The van der Waals surface area contributed by atoms with Crippen molar-refractivity contribution in [1.82, 2.24) is 4.90 Å². The van der Waals surface area contributed by atoms with E-state index in [1.807, 2.05) is 48.5 Å². The largest absolute Gasteiger partial charge is 0.489 e. The Morgan fingerprint density at radius 1 is 0.935 bits per heavy atom. The van der Waals surface area contributed by atoms with E-state index in [1.54, 1.807) is 0 Å².